The van der Waals surface area contributed by atoms with Crippen molar-refractivity contribution in [3.8, 4) is 0 Å². The number of ether oxygens (including phenoxy) is 2. The van der Waals surface area contributed by atoms with Gasteiger partial charge in [0, 0.05) is 18.4 Å². The van der Waals surface area contributed by atoms with Crippen LogP contribution < -0.4 is 0 Å². The number of morpholine rings is 1. The van der Waals surface area contributed by atoms with Crippen LogP contribution in [0.15, 0.2) is 37.1 Å². The van der Waals surface area contributed by atoms with E-state index < -0.39 is 12.1 Å². The van der Waals surface area contributed by atoms with E-state index in [1.54, 1.807) is 12.3 Å². The average molecular weight is 416 g/mol. The highest BCUT2D eigenvalue weighted by molar-refractivity contribution is 5.79. The molecule has 1 aromatic heterocycles. The number of carbonyl (C=O) groups is 2. The van der Waals surface area contributed by atoms with Crippen molar-refractivity contribution in [3.05, 3.63) is 42.7 Å². The van der Waals surface area contributed by atoms with E-state index in [1.807, 2.05) is 23.1 Å². The zero-order chi connectivity index (χ0) is 21.4. The van der Waals surface area contributed by atoms with Gasteiger partial charge in [-0.15, -0.1) is 6.58 Å². The van der Waals surface area contributed by atoms with E-state index in [0.717, 1.165) is 18.5 Å². The van der Waals surface area contributed by atoms with Gasteiger partial charge >= 0.3 is 12.1 Å². The fraction of sp³-hybridized carbons (Fsp3) is 0.526. The van der Waals surface area contributed by atoms with E-state index >= 15 is 0 Å². The van der Waals surface area contributed by atoms with Crippen molar-refractivity contribution < 1.29 is 37.3 Å². The Balaban J connectivity index is 0.000000370. The SMILES string of the molecule is C=CCO[C@H]1CC[C@H]2[C@H]1OCCN2C(=O)Cc1ccccn1.O=C(O)C(F)(F)F. The summed E-state index contributed by atoms with van der Waals surface area (Å²) in [5.74, 6) is -2.63. The Kier molecular flexibility index (Phi) is 8.15. The number of halogens is 3. The number of rotatable bonds is 5. The molecule has 1 aliphatic carbocycles. The third kappa shape index (κ3) is 6.53. The predicted octanol–water partition coefficient (Wildman–Crippen LogP) is 2.22. The largest absolute Gasteiger partial charge is 0.490 e. The first-order valence-electron chi connectivity index (χ1n) is 9.07. The summed E-state index contributed by atoms with van der Waals surface area (Å²) in [7, 11) is 0. The van der Waals surface area contributed by atoms with E-state index in [1.165, 1.54) is 0 Å². The van der Waals surface area contributed by atoms with E-state index in [-0.39, 0.29) is 24.2 Å². The maximum absolute atomic E-state index is 12.6. The fourth-order valence-corrected chi connectivity index (χ4v) is 3.35. The molecule has 7 nitrogen and oxygen atoms in total. The van der Waals surface area contributed by atoms with Gasteiger partial charge in [0.1, 0.15) is 6.10 Å². The molecule has 1 saturated carbocycles. The molecule has 1 aliphatic heterocycles. The van der Waals surface area contributed by atoms with E-state index in [4.69, 9.17) is 19.4 Å². The molecule has 0 radical (unpaired) electrons. The number of amides is 1. The molecular weight excluding hydrogens is 393 g/mol. The van der Waals surface area contributed by atoms with Gasteiger partial charge in [-0.05, 0) is 25.0 Å². The van der Waals surface area contributed by atoms with Crippen LogP contribution in [-0.2, 0) is 25.5 Å². The highest BCUT2D eigenvalue weighted by Crippen LogP contribution is 2.32. The number of carboxylic acid groups (broad SMARTS) is 1. The van der Waals surface area contributed by atoms with E-state index in [0.29, 0.717) is 26.2 Å². The van der Waals surface area contributed by atoms with Crippen LogP contribution in [-0.4, -0.2) is 71.1 Å². The molecule has 1 N–H and O–H groups in total. The molecule has 2 aliphatic rings. The monoisotopic (exact) mass is 416 g/mol. The molecule has 1 saturated heterocycles. The van der Waals surface area contributed by atoms with Crippen molar-refractivity contribution in [1.82, 2.24) is 9.88 Å². The molecule has 1 amide bonds. The van der Waals surface area contributed by atoms with Gasteiger partial charge in [-0.2, -0.15) is 13.2 Å². The summed E-state index contributed by atoms with van der Waals surface area (Å²) >= 11 is 0. The summed E-state index contributed by atoms with van der Waals surface area (Å²) in [4.78, 5) is 27.7. The van der Waals surface area contributed by atoms with Crippen molar-refractivity contribution in [2.45, 2.75) is 43.7 Å². The number of alkyl halides is 3. The van der Waals surface area contributed by atoms with Crippen LogP contribution in [0.5, 0.6) is 0 Å². The molecule has 2 heterocycles. The van der Waals surface area contributed by atoms with Gasteiger partial charge in [0.25, 0.3) is 0 Å². The summed E-state index contributed by atoms with van der Waals surface area (Å²) in [6.07, 6.45) is 0.647. The molecule has 160 valence electrons. The number of carbonyl (C=O) groups excluding carboxylic acids is 1. The summed E-state index contributed by atoms with van der Waals surface area (Å²) in [5, 5.41) is 7.12. The molecule has 0 unspecified atom stereocenters. The van der Waals surface area contributed by atoms with Gasteiger partial charge in [-0.25, -0.2) is 4.79 Å². The Bertz CT molecular complexity index is 699. The van der Waals surface area contributed by atoms with Gasteiger partial charge in [0.15, 0.2) is 0 Å². The van der Waals surface area contributed by atoms with Gasteiger partial charge in [0.2, 0.25) is 5.91 Å². The van der Waals surface area contributed by atoms with Crippen molar-refractivity contribution >= 4 is 11.9 Å². The van der Waals surface area contributed by atoms with Crippen LogP contribution in [0.3, 0.4) is 0 Å². The lowest BCUT2D eigenvalue weighted by Gasteiger charge is -2.39. The van der Waals surface area contributed by atoms with Gasteiger partial charge in [-0.1, -0.05) is 12.1 Å². The number of aliphatic carboxylic acids is 1. The lowest BCUT2D eigenvalue weighted by Crippen LogP contribution is -2.54. The molecule has 10 heteroatoms. The van der Waals surface area contributed by atoms with E-state index in [2.05, 4.69) is 11.6 Å². The number of fused-ring (bicyclic) bond motifs is 1. The summed E-state index contributed by atoms with van der Waals surface area (Å²) < 4.78 is 43.4. The first-order valence-corrected chi connectivity index (χ1v) is 9.07. The number of aromatic nitrogens is 1. The maximum Gasteiger partial charge on any atom is 0.490 e. The van der Waals surface area contributed by atoms with Crippen molar-refractivity contribution in [2.75, 3.05) is 19.8 Å². The second-order valence-corrected chi connectivity index (χ2v) is 6.53. The Morgan fingerprint density at radius 3 is 2.69 bits per heavy atom. The van der Waals surface area contributed by atoms with Crippen LogP contribution in [0.2, 0.25) is 0 Å². The van der Waals surface area contributed by atoms with Crippen LogP contribution in [0.4, 0.5) is 13.2 Å². The van der Waals surface area contributed by atoms with E-state index in [9.17, 15) is 18.0 Å². The smallest absolute Gasteiger partial charge is 0.475 e. The van der Waals surface area contributed by atoms with Gasteiger partial charge in [0.05, 0.1) is 31.8 Å². The molecule has 2 fully saturated rings. The number of pyridine rings is 1. The Labute approximate surface area is 166 Å². The minimum Gasteiger partial charge on any atom is -0.475 e. The molecule has 0 spiro atoms. The molecule has 0 bridgehead atoms. The van der Waals surface area contributed by atoms with Crippen LogP contribution >= 0.6 is 0 Å². The van der Waals surface area contributed by atoms with Crippen molar-refractivity contribution in [3.63, 3.8) is 0 Å². The summed E-state index contributed by atoms with van der Waals surface area (Å²) in [6, 6.07) is 5.78. The minimum absolute atomic E-state index is 0.0126. The van der Waals surface area contributed by atoms with Crippen molar-refractivity contribution in [2.24, 2.45) is 0 Å². The van der Waals surface area contributed by atoms with Crippen LogP contribution in [0.1, 0.15) is 18.5 Å². The Morgan fingerprint density at radius 2 is 2.10 bits per heavy atom. The Hall–Kier alpha value is -2.46. The zero-order valence-corrected chi connectivity index (χ0v) is 15.7. The molecular formula is C19H23F3N2O5. The minimum atomic E-state index is -5.08. The first kappa shape index (κ1) is 22.8. The molecule has 29 heavy (non-hydrogen) atoms. The quantitative estimate of drug-likeness (QED) is 0.741. The number of nitrogens with zero attached hydrogens (tertiary/aromatic N) is 2. The second kappa shape index (κ2) is 10.4. The highest BCUT2D eigenvalue weighted by Gasteiger charge is 2.44. The lowest BCUT2D eigenvalue weighted by molar-refractivity contribution is -0.192. The zero-order valence-electron chi connectivity index (χ0n) is 15.7. The van der Waals surface area contributed by atoms with Gasteiger partial charge < -0.3 is 19.5 Å². The molecule has 3 rings (SSSR count). The molecule has 0 aromatic carbocycles. The average Bonchev–Trinajstić information content (AvgIpc) is 3.10. The predicted molar refractivity (Wildman–Crippen MR) is 96.0 cm³/mol. The first-order chi connectivity index (χ1) is 13.7. The summed E-state index contributed by atoms with van der Waals surface area (Å²) in [6.45, 7) is 5.43. The number of carboxylic acids is 1. The third-order valence-corrected chi connectivity index (χ3v) is 4.58. The number of hydrogen-bond acceptors (Lipinski definition) is 5. The third-order valence-electron chi connectivity index (χ3n) is 4.58. The maximum atomic E-state index is 12.6. The summed E-state index contributed by atoms with van der Waals surface area (Å²) in [5.41, 5.74) is 0.813. The van der Waals surface area contributed by atoms with Crippen LogP contribution in [0, 0.1) is 0 Å². The standard InChI is InChI=1S/C17H22N2O3.C2HF3O2/c1-2-10-21-15-7-6-14-17(15)22-11-9-19(14)16(20)12-13-5-3-4-8-18-13;3-2(4,5)1(6)7/h2-5,8,14-15,17H,1,6-7,9-12H2;(H,6,7)/t14-,15-,17+;/m0./s1. The highest BCUT2D eigenvalue weighted by atomic mass is 19.4. The van der Waals surface area contributed by atoms with Crippen LogP contribution in [0.25, 0.3) is 0 Å². The Morgan fingerprint density at radius 1 is 1.38 bits per heavy atom. The molecule has 1 aromatic rings. The topological polar surface area (TPSA) is 89.0 Å². The fourth-order valence-electron chi connectivity index (χ4n) is 3.35. The normalized spacial score (nSPS) is 23.6. The van der Waals surface area contributed by atoms with Crippen molar-refractivity contribution in [1.29, 1.82) is 0 Å². The van der Waals surface area contributed by atoms with Gasteiger partial charge in [-0.3, -0.25) is 9.78 Å². The molecule has 3 atom stereocenters. The lowest BCUT2D eigenvalue weighted by atomic mass is 10.1. The number of hydrogen-bond donors (Lipinski definition) is 1. The second-order valence-electron chi connectivity index (χ2n) is 6.53.